The number of hydrogen-bond acceptors (Lipinski definition) is 12. The summed E-state index contributed by atoms with van der Waals surface area (Å²) in [6.07, 6.45) is -1.10. The van der Waals surface area contributed by atoms with Crippen LogP contribution in [0.5, 0.6) is 0 Å². The molecule has 0 radical (unpaired) electrons. The van der Waals surface area contributed by atoms with Crippen LogP contribution in [0.2, 0.25) is 0 Å². The largest absolute Gasteiger partial charge is 0.466 e. The van der Waals surface area contributed by atoms with Crippen molar-refractivity contribution >= 4 is 36.1 Å². The fourth-order valence-corrected chi connectivity index (χ4v) is 4.51. The van der Waals surface area contributed by atoms with Crippen molar-refractivity contribution in [1.29, 1.82) is 0 Å². The number of amides is 2. The molecular formula is C30H50N2O12. The van der Waals surface area contributed by atoms with Gasteiger partial charge in [-0.25, -0.2) is 9.59 Å². The molecule has 0 aliphatic carbocycles. The lowest BCUT2D eigenvalue weighted by molar-refractivity contribution is -0.157. The molecule has 44 heavy (non-hydrogen) atoms. The molecule has 14 nitrogen and oxygen atoms in total. The lowest BCUT2D eigenvalue weighted by atomic mass is 9.96. The molecule has 2 amide bonds. The molecule has 2 heterocycles. The molecule has 252 valence electrons. The van der Waals surface area contributed by atoms with E-state index in [1.807, 2.05) is 0 Å². The first-order valence-electron chi connectivity index (χ1n) is 15.0. The monoisotopic (exact) mass is 630 g/mol. The second-order valence-electron chi connectivity index (χ2n) is 12.2. The number of ether oxygens (including phenoxy) is 6. The number of rotatable bonds is 8. The van der Waals surface area contributed by atoms with Gasteiger partial charge in [0, 0.05) is 26.2 Å². The molecule has 2 aliphatic rings. The van der Waals surface area contributed by atoms with Crippen LogP contribution in [0.15, 0.2) is 0 Å². The van der Waals surface area contributed by atoms with E-state index in [2.05, 4.69) is 0 Å². The Bertz CT molecular complexity index is 884. The molecule has 2 fully saturated rings. The quantitative estimate of drug-likeness (QED) is 0.285. The smallest absolute Gasteiger partial charge is 0.410 e. The summed E-state index contributed by atoms with van der Waals surface area (Å²) in [7, 11) is 0. The SMILES string of the molecule is CCOC(=O)[C@H]1CN(C(=O)OC(C)(C)C)C[C@@H]1C(=O)OCC.CCOC(=O)[C@H]1CN(C(=O)OC(C)(C)C)C[C@@H]1C(=O)OCC. The Morgan fingerprint density at radius 2 is 0.682 bits per heavy atom. The zero-order valence-electron chi connectivity index (χ0n) is 27.8. The summed E-state index contributed by atoms with van der Waals surface area (Å²) in [5.74, 6) is -4.84. The van der Waals surface area contributed by atoms with Crippen LogP contribution in [0.3, 0.4) is 0 Å². The van der Waals surface area contributed by atoms with Crippen molar-refractivity contribution in [2.75, 3.05) is 52.6 Å². The summed E-state index contributed by atoms with van der Waals surface area (Å²) in [4.78, 5) is 75.0. The van der Waals surface area contributed by atoms with E-state index in [1.165, 1.54) is 9.80 Å². The van der Waals surface area contributed by atoms with Gasteiger partial charge < -0.3 is 38.2 Å². The zero-order valence-corrected chi connectivity index (χ0v) is 27.8. The summed E-state index contributed by atoms with van der Waals surface area (Å²) in [5.41, 5.74) is -1.28. The van der Waals surface area contributed by atoms with Crippen LogP contribution in [0.4, 0.5) is 9.59 Å². The lowest BCUT2D eigenvalue weighted by Gasteiger charge is -2.24. The van der Waals surface area contributed by atoms with Crippen molar-refractivity contribution in [3.05, 3.63) is 0 Å². The molecule has 0 saturated carbocycles. The van der Waals surface area contributed by atoms with Crippen LogP contribution in [0.1, 0.15) is 69.2 Å². The highest BCUT2D eigenvalue weighted by molar-refractivity contribution is 5.86. The van der Waals surface area contributed by atoms with Gasteiger partial charge in [-0.15, -0.1) is 0 Å². The number of likely N-dealkylation sites (tertiary alicyclic amines) is 2. The predicted octanol–water partition coefficient (Wildman–Crippen LogP) is 3.19. The highest BCUT2D eigenvalue weighted by Crippen LogP contribution is 2.29. The molecule has 14 heteroatoms. The number of esters is 4. The number of hydrogen-bond donors (Lipinski definition) is 0. The van der Waals surface area contributed by atoms with Crippen molar-refractivity contribution < 1.29 is 57.2 Å². The highest BCUT2D eigenvalue weighted by Gasteiger charge is 2.47. The molecule has 0 aromatic rings. The van der Waals surface area contributed by atoms with Gasteiger partial charge in [0.15, 0.2) is 0 Å². The minimum atomic E-state index is -0.716. The van der Waals surface area contributed by atoms with Crippen molar-refractivity contribution in [3.8, 4) is 0 Å². The van der Waals surface area contributed by atoms with Gasteiger partial charge in [0.1, 0.15) is 11.2 Å². The Morgan fingerprint density at radius 3 is 0.841 bits per heavy atom. The second-order valence-corrected chi connectivity index (χ2v) is 12.2. The molecule has 0 bridgehead atoms. The van der Waals surface area contributed by atoms with E-state index in [9.17, 15) is 28.8 Å². The lowest BCUT2D eigenvalue weighted by Crippen LogP contribution is -2.36. The van der Waals surface area contributed by atoms with Crippen LogP contribution in [0, 0.1) is 23.7 Å². The van der Waals surface area contributed by atoms with E-state index in [1.54, 1.807) is 69.2 Å². The summed E-state index contributed by atoms with van der Waals surface area (Å²) in [6.45, 7) is 18.6. The molecule has 0 spiro atoms. The van der Waals surface area contributed by atoms with Gasteiger partial charge in [0.25, 0.3) is 0 Å². The van der Waals surface area contributed by atoms with Gasteiger partial charge in [0.05, 0.1) is 50.1 Å². The zero-order chi connectivity index (χ0) is 33.8. The van der Waals surface area contributed by atoms with Gasteiger partial charge >= 0.3 is 36.1 Å². The first kappa shape index (κ1) is 38.4. The summed E-state index contributed by atoms with van der Waals surface area (Å²) < 4.78 is 30.5. The van der Waals surface area contributed by atoms with E-state index in [-0.39, 0.29) is 52.6 Å². The van der Waals surface area contributed by atoms with E-state index < -0.39 is 70.9 Å². The third-order valence-electron chi connectivity index (χ3n) is 6.30. The van der Waals surface area contributed by atoms with E-state index in [4.69, 9.17) is 28.4 Å². The molecule has 2 aliphatic heterocycles. The van der Waals surface area contributed by atoms with Crippen LogP contribution in [0.25, 0.3) is 0 Å². The van der Waals surface area contributed by atoms with Gasteiger partial charge in [-0.05, 0) is 69.2 Å². The van der Waals surface area contributed by atoms with E-state index >= 15 is 0 Å². The van der Waals surface area contributed by atoms with E-state index in [0.717, 1.165) is 0 Å². The topological polar surface area (TPSA) is 164 Å². The molecule has 0 aromatic carbocycles. The van der Waals surface area contributed by atoms with Gasteiger partial charge in [-0.1, -0.05) is 0 Å². The average molecular weight is 631 g/mol. The van der Waals surface area contributed by atoms with Crippen molar-refractivity contribution in [1.82, 2.24) is 9.80 Å². The number of nitrogens with zero attached hydrogens (tertiary/aromatic N) is 2. The minimum absolute atomic E-state index is 0.0945. The fraction of sp³-hybridized carbons (Fsp3) is 0.800. The normalized spacial score (nSPS) is 21.4. The summed E-state index contributed by atoms with van der Waals surface area (Å²) >= 11 is 0. The molecule has 0 aromatic heterocycles. The number of carbonyl (C=O) groups is 6. The molecule has 0 N–H and O–H groups in total. The van der Waals surface area contributed by atoms with Crippen LogP contribution < -0.4 is 0 Å². The maximum Gasteiger partial charge on any atom is 0.410 e. The standard InChI is InChI=1S/2C15H25NO6/c2*1-6-20-12(17)10-8-16(14(19)22-15(3,4)5)9-11(10)13(18)21-7-2/h2*10-11H,6-9H2,1-5H3/t2*10-,11-/m00/s1. The molecule has 0 unspecified atom stereocenters. The predicted molar refractivity (Wildman–Crippen MR) is 156 cm³/mol. The van der Waals surface area contributed by atoms with Crippen LogP contribution in [-0.4, -0.2) is 110 Å². The molecular weight excluding hydrogens is 580 g/mol. The Kier molecular flexibility index (Phi) is 14.9. The minimum Gasteiger partial charge on any atom is -0.466 e. The van der Waals surface area contributed by atoms with Gasteiger partial charge in [-0.3, -0.25) is 19.2 Å². The molecule has 4 atom stereocenters. The third kappa shape index (κ3) is 12.2. The summed E-state index contributed by atoms with van der Waals surface area (Å²) in [5, 5.41) is 0. The Labute approximate surface area is 259 Å². The summed E-state index contributed by atoms with van der Waals surface area (Å²) in [6, 6.07) is 0. The maximum atomic E-state index is 12.1. The Balaban J connectivity index is 0.000000440. The van der Waals surface area contributed by atoms with E-state index in [0.29, 0.717) is 0 Å². The maximum absolute atomic E-state index is 12.1. The van der Waals surface area contributed by atoms with Gasteiger partial charge in [0.2, 0.25) is 0 Å². The molecule has 2 rings (SSSR count). The Morgan fingerprint density at radius 1 is 0.477 bits per heavy atom. The van der Waals surface area contributed by atoms with Gasteiger partial charge in [-0.2, -0.15) is 0 Å². The third-order valence-corrected chi connectivity index (χ3v) is 6.30. The average Bonchev–Trinajstić information content (AvgIpc) is 3.54. The fourth-order valence-electron chi connectivity index (χ4n) is 4.51. The molecule has 2 saturated heterocycles. The highest BCUT2D eigenvalue weighted by atomic mass is 16.6. The second kappa shape index (κ2) is 17.0. The van der Waals surface area contributed by atoms with Crippen molar-refractivity contribution in [2.45, 2.75) is 80.4 Å². The van der Waals surface area contributed by atoms with Crippen LogP contribution >= 0.6 is 0 Å². The number of carbonyl (C=O) groups excluding carboxylic acids is 6. The first-order valence-corrected chi connectivity index (χ1v) is 15.0. The van der Waals surface area contributed by atoms with Crippen LogP contribution in [-0.2, 0) is 47.6 Å². The Hall–Kier alpha value is -3.58. The first-order chi connectivity index (χ1) is 20.4. The van der Waals surface area contributed by atoms with Crippen molar-refractivity contribution in [3.63, 3.8) is 0 Å². The van der Waals surface area contributed by atoms with Crippen molar-refractivity contribution in [2.24, 2.45) is 23.7 Å².